The number of nitrogens with two attached hydrogens (primary N) is 1. The number of benzene rings is 1. The quantitative estimate of drug-likeness (QED) is 0.658. The monoisotopic (exact) mass is 316 g/mol. The van der Waals surface area contributed by atoms with Crippen LogP contribution in [0.1, 0.15) is 25.8 Å². The molecule has 4 heteroatoms. The number of hydrogen-bond donors (Lipinski definition) is 2. The van der Waals surface area contributed by atoms with Crippen LogP contribution in [-0.4, -0.2) is 6.04 Å². The molecule has 17 heavy (non-hydrogen) atoms. The molecule has 1 aromatic carbocycles. The van der Waals surface area contributed by atoms with Crippen molar-refractivity contribution in [1.82, 2.24) is 5.43 Å². The Balaban J connectivity index is 2.09. The molecule has 1 aliphatic carbocycles. The van der Waals surface area contributed by atoms with Crippen LogP contribution in [-0.2, 0) is 6.42 Å². The Hall–Kier alpha value is -0.0900. The van der Waals surface area contributed by atoms with E-state index in [1.165, 1.54) is 6.42 Å². The molecule has 1 fully saturated rings. The summed E-state index contributed by atoms with van der Waals surface area (Å²) in [6.45, 7) is 4.57. The minimum absolute atomic E-state index is 0.309. The van der Waals surface area contributed by atoms with Gasteiger partial charge < -0.3 is 0 Å². The second-order valence-electron chi connectivity index (χ2n) is 5.51. The Morgan fingerprint density at radius 2 is 2.24 bits per heavy atom. The fourth-order valence-corrected chi connectivity index (χ4v) is 3.19. The zero-order valence-corrected chi connectivity index (χ0v) is 12.5. The van der Waals surface area contributed by atoms with Gasteiger partial charge in [-0.15, -0.1) is 0 Å². The third-order valence-corrected chi connectivity index (χ3v) is 4.59. The highest BCUT2D eigenvalue weighted by molar-refractivity contribution is 9.10. The van der Waals surface area contributed by atoms with Gasteiger partial charge in [-0.1, -0.05) is 47.4 Å². The van der Waals surface area contributed by atoms with Crippen LogP contribution in [0.2, 0.25) is 5.02 Å². The lowest BCUT2D eigenvalue weighted by Crippen LogP contribution is -2.39. The summed E-state index contributed by atoms with van der Waals surface area (Å²) in [4.78, 5) is 0. The molecule has 0 heterocycles. The lowest BCUT2D eigenvalue weighted by atomic mass is 9.98. The summed E-state index contributed by atoms with van der Waals surface area (Å²) in [5, 5.41) is 0.804. The van der Waals surface area contributed by atoms with Gasteiger partial charge in [-0.05, 0) is 41.9 Å². The normalized spacial score (nSPS) is 23.5. The molecule has 2 unspecified atom stereocenters. The van der Waals surface area contributed by atoms with Crippen LogP contribution in [0.3, 0.4) is 0 Å². The maximum absolute atomic E-state index is 6.23. The molecule has 94 valence electrons. The first-order valence-corrected chi connectivity index (χ1v) is 7.01. The van der Waals surface area contributed by atoms with E-state index in [9.17, 15) is 0 Å². The molecule has 1 saturated carbocycles. The average Bonchev–Trinajstić information content (AvgIpc) is 2.86. The molecular formula is C13H18BrClN2. The van der Waals surface area contributed by atoms with Crippen LogP contribution in [0.4, 0.5) is 0 Å². The molecule has 0 amide bonds. The highest BCUT2D eigenvalue weighted by Gasteiger charge is 2.49. The second-order valence-corrected chi connectivity index (χ2v) is 6.84. The zero-order chi connectivity index (χ0) is 12.6. The molecule has 2 rings (SSSR count). The maximum Gasteiger partial charge on any atom is 0.0449 e. The smallest absolute Gasteiger partial charge is 0.0449 e. The van der Waals surface area contributed by atoms with Gasteiger partial charge in [0.25, 0.3) is 0 Å². The zero-order valence-electron chi connectivity index (χ0n) is 10.1. The van der Waals surface area contributed by atoms with Gasteiger partial charge in [0.2, 0.25) is 0 Å². The predicted molar refractivity (Wildman–Crippen MR) is 75.9 cm³/mol. The van der Waals surface area contributed by atoms with Gasteiger partial charge in [0.05, 0.1) is 0 Å². The van der Waals surface area contributed by atoms with Crippen molar-refractivity contribution in [3.63, 3.8) is 0 Å². The van der Waals surface area contributed by atoms with Crippen molar-refractivity contribution >= 4 is 27.5 Å². The fourth-order valence-electron chi connectivity index (χ4n) is 2.44. The standard InChI is InChI=1S/C13H18BrClN2/c1-13(2)7-10(13)12(17-16)5-8-3-4-9(14)6-11(8)15/h3-4,6,10,12,17H,5,7,16H2,1-2H3. The van der Waals surface area contributed by atoms with Crippen LogP contribution >= 0.6 is 27.5 Å². The largest absolute Gasteiger partial charge is 0.271 e. The highest BCUT2D eigenvalue weighted by atomic mass is 79.9. The Labute approximate surface area is 116 Å². The van der Waals surface area contributed by atoms with Gasteiger partial charge >= 0.3 is 0 Å². The summed E-state index contributed by atoms with van der Waals surface area (Å²) in [7, 11) is 0. The Bertz CT molecular complexity index is 420. The highest BCUT2D eigenvalue weighted by Crippen LogP contribution is 2.54. The van der Waals surface area contributed by atoms with E-state index in [0.717, 1.165) is 21.5 Å². The Morgan fingerprint density at radius 1 is 1.59 bits per heavy atom. The first-order chi connectivity index (χ1) is 7.94. The molecular weight excluding hydrogens is 300 g/mol. The van der Waals surface area contributed by atoms with Crippen LogP contribution in [0.15, 0.2) is 22.7 Å². The van der Waals surface area contributed by atoms with E-state index in [-0.39, 0.29) is 0 Å². The second kappa shape index (κ2) is 4.88. The summed E-state index contributed by atoms with van der Waals surface area (Å²) in [6, 6.07) is 6.32. The molecule has 2 nitrogen and oxygen atoms in total. The van der Waals surface area contributed by atoms with E-state index < -0.39 is 0 Å². The molecule has 0 radical (unpaired) electrons. The van der Waals surface area contributed by atoms with Gasteiger partial charge in [0.15, 0.2) is 0 Å². The van der Waals surface area contributed by atoms with Gasteiger partial charge in [-0.3, -0.25) is 11.3 Å². The summed E-state index contributed by atoms with van der Waals surface area (Å²) in [6.07, 6.45) is 2.12. The first-order valence-electron chi connectivity index (χ1n) is 5.84. The molecule has 1 aromatic rings. The first kappa shape index (κ1) is 13.3. The molecule has 0 saturated heterocycles. The summed E-state index contributed by atoms with van der Waals surface area (Å²) in [5.74, 6) is 6.31. The molecule has 0 spiro atoms. The number of hydrogen-bond acceptors (Lipinski definition) is 2. The van der Waals surface area contributed by atoms with E-state index in [2.05, 4.69) is 41.3 Å². The van der Waals surface area contributed by atoms with Crippen molar-refractivity contribution in [1.29, 1.82) is 0 Å². The minimum atomic E-state index is 0.309. The third kappa shape index (κ3) is 3.02. The SMILES string of the molecule is CC1(C)CC1C(Cc1ccc(Br)cc1Cl)NN. The summed E-state index contributed by atoms with van der Waals surface area (Å²) < 4.78 is 1.01. The number of nitrogens with one attached hydrogen (secondary N) is 1. The number of rotatable bonds is 4. The summed E-state index contributed by atoms with van der Waals surface area (Å²) in [5.41, 5.74) is 4.51. The minimum Gasteiger partial charge on any atom is -0.271 e. The van der Waals surface area contributed by atoms with Gasteiger partial charge in [-0.25, -0.2) is 0 Å². The molecule has 1 aliphatic rings. The molecule has 0 aliphatic heterocycles. The third-order valence-electron chi connectivity index (χ3n) is 3.74. The Morgan fingerprint density at radius 3 is 2.71 bits per heavy atom. The fraction of sp³-hybridized carbons (Fsp3) is 0.538. The van der Waals surface area contributed by atoms with Crippen molar-refractivity contribution in [2.24, 2.45) is 17.2 Å². The number of halogens is 2. The maximum atomic E-state index is 6.23. The Kier molecular flexibility index (Phi) is 3.83. The predicted octanol–water partition coefficient (Wildman–Crippen LogP) is 3.52. The van der Waals surface area contributed by atoms with Crippen molar-refractivity contribution in [2.45, 2.75) is 32.7 Å². The van der Waals surface area contributed by atoms with E-state index in [4.69, 9.17) is 17.4 Å². The molecule has 3 N–H and O–H groups in total. The lowest BCUT2D eigenvalue weighted by Gasteiger charge is -2.18. The van der Waals surface area contributed by atoms with Crippen LogP contribution in [0.5, 0.6) is 0 Å². The van der Waals surface area contributed by atoms with Crippen molar-refractivity contribution in [3.8, 4) is 0 Å². The van der Waals surface area contributed by atoms with E-state index in [1.54, 1.807) is 0 Å². The van der Waals surface area contributed by atoms with Crippen molar-refractivity contribution < 1.29 is 0 Å². The van der Waals surface area contributed by atoms with Crippen LogP contribution in [0.25, 0.3) is 0 Å². The topological polar surface area (TPSA) is 38.0 Å². The molecule has 0 bridgehead atoms. The van der Waals surface area contributed by atoms with Gasteiger partial charge in [-0.2, -0.15) is 0 Å². The van der Waals surface area contributed by atoms with E-state index in [0.29, 0.717) is 17.4 Å². The van der Waals surface area contributed by atoms with E-state index in [1.807, 2.05) is 12.1 Å². The number of hydrazine groups is 1. The van der Waals surface area contributed by atoms with Crippen molar-refractivity contribution in [2.75, 3.05) is 0 Å². The van der Waals surface area contributed by atoms with Crippen LogP contribution in [0, 0.1) is 11.3 Å². The van der Waals surface area contributed by atoms with Crippen LogP contribution < -0.4 is 11.3 Å². The van der Waals surface area contributed by atoms with Gasteiger partial charge in [0.1, 0.15) is 0 Å². The van der Waals surface area contributed by atoms with Gasteiger partial charge in [0, 0.05) is 15.5 Å². The average molecular weight is 318 g/mol. The summed E-state index contributed by atoms with van der Waals surface area (Å²) >= 11 is 9.64. The molecule has 0 aromatic heterocycles. The molecule has 2 atom stereocenters. The van der Waals surface area contributed by atoms with E-state index >= 15 is 0 Å². The lowest BCUT2D eigenvalue weighted by molar-refractivity contribution is 0.409. The van der Waals surface area contributed by atoms with Crippen molar-refractivity contribution in [3.05, 3.63) is 33.3 Å².